The summed E-state index contributed by atoms with van der Waals surface area (Å²) < 4.78 is 1.23. The number of thioether (sulfide) groups is 1. The molecule has 140 valence electrons. The van der Waals surface area contributed by atoms with E-state index in [2.05, 4.69) is 29.6 Å². The molecule has 1 amide bonds. The predicted octanol–water partition coefficient (Wildman–Crippen LogP) is 3.77. The van der Waals surface area contributed by atoms with Gasteiger partial charge in [-0.3, -0.25) is 4.79 Å². The lowest BCUT2D eigenvalue weighted by molar-refractivity contribution is -0.929. The van der Waals surface area contributed by atoms with E-state index >= 15 is 0 Å². The summed E-state index contributed by atoms with van der Waals surface area (Å²) in [6.45, 7) is 1.52. The van der Waals surface area contributed by atoms with Crippen LogP contribution in [0.4, 0.5) is 5.69 Å². The Bertz CT molecular complexity index is 907. The monoisotopic (exact) mass is 398 g/mol. The number of likely N-dealkylation sites (tertiary alicyclic amines) is 1. The van der Waals surface area contributed by atoms with Gasteiger partial charge in [0, 0.05) is 17.0 Å². The zero-order valence-electron chi connectivity index (χ0n) is 15.4. The van der Waals surface area contributed by atoms with Gasteiger partial charge in [0.05, 0.1) is 16.8 Å². The van der Waals surface area contributed by atoms with Gasteiger partial charge >= 0.3 is 0 Å². The maximum Gasteiger partial charge on any atom is 0.279 e. The number of fused-ring (bicyclic) bond motifs is 1. The third kappa shape index (κ3) is 4.34. The Hall–Kier alpha value is -1.89. The summed E-state index contributed by atoms with van der Waals surface area (Å²) in [5, 5.41) is 4.24. The summed E-state index contributed by atoms with van der Waals surface area (Å²) in [6, 6.07) is 16.6. The lowest BCUT2D eigenvalue weighted by Gasteiger charge is -2.30. The average molecular weight is 399 g/mol. The van der Waals surface area contributed by atoms with Crippen LogP contribution in [0, 0.1) is 0 Å². The Labute approximate surface area is 168 Å². The molecule has 2 heterocycles. The Morgan fingerprint density at radius 2 is 2.15 bits per heavy atom. The number of hydrogen-bond acceptors (Lipinski definition) is 4. The van der Waals surface area contributed by atoms with Crippen molar-refractivity contribution in [3.05, 3.63) is 53.5 Å². The van der Waals surface area contributed by atoms with Crippen LogP contribution in [0.25, 0.3) is 10.2 Å². The first kappa shape index (κ1) is 18.5. The van der Waals surface area contributed by atoms with E-state index in [-0.39, 0.29) is 5.91 Å². The second-order valence-corrected chi connectivity index (χ2v) is 8.88. The van der Waals surface area contributed by atoms with Crippen molar-refractivity contribution in [1.29, 1.82) is 0 Å². The van der Waals surface area contributed by atoms with Gasteiger partial charge in [0.1, 0.15) is 6.04 Å². The highest BCUT2D eigenvalue weighted by Gasteiger charge is 2.31. The van der Waals surface area contributed by atoms with Crippen molar-refractivity contribution in [2.75, 3.05) is 24.7 Å². The van der Waals surface area contributed by atoms with Gasteiger partial charge in [0.25, 0.3) is 5.91 Å². The van der Waals surface area contributed by atoms with Crippen LogP contribution in [-0.2, 0) is 4.79 Å². The van der Waals surface area contributed by atoms with Crippen LogP contribution in [0.1, 0.15) is 30.3 Å². The normalized spacial score (nSPS) is 19.9. The Morgan fingerprint density at radius 3 is 3.00 bits per heavy atom. The molecule has 2 atom stereocenters. The Morgan fingerprint density at radius 1 is 1.26 bits per heavy atom. The second kappa shape index (κ2) is 8.42. The van der Waals surface area contributed by atoms with Crippen LogP contribution in [0.15, 0.2) is 53.4 Å². The van der Waals surface area contributed by atoms with Crippen molar-refractivity contribution >= 4 is 44.9 Å². The van der Waals surface area contributed by atoms with Crippen molar-refractivity contribution in [2.24, 2.45) is 0 Å². The van der Waals surface area contributed by atoms with Crippen molar-refractivity contribution < 1.29 is 9.69 Å². The minimum atomic E-state index is 0.0799. The number of hydrogen-bond donors (Lipinski definition) is 2. The predicted molar refractivity (Wildman–Crippen MR) is 114 cm³/mol. The fourth-order valence-electron chi connectivity index (χ4n) is 3.74. The Kier molecular flexibility index (Phi) is 5.76. The SMILES string of the molecule is CSc1cccc(NC(=O)C[NH+]2CCCC[C@@H]2c2nc3ccccc3s2)c1. The van der Waals surface area contributed by atoms with E-state index in [4.69, 9.17) is 4.98 Å². The number of amides is 1. The topological polar surface area (TPSA) is 46.4 Å². The van der Waals surface area contributed by atoms with Gasteiger partial charge < -0.3 is 10.2 Å². The summed E-state index contributed by atoms with van der Waals surface area (Å²) in [6.07, 6.45) is 5.53. The summed E-state index contributed by atoms with van der Waals surface area (Å²) in [7, 11) is 0. The van der Waals surface area contributed by atoms with E-state index in [1.54, 1.807) is 23.1 Å². The van der Waals surface area contributed by atoms with E-state index in [1.807, 2.05) is 30.5 Å². The zero-order chi connectivity index (χ0) is 18.6. The number of para-hydroxylation sites is 1. The minimum Gasteiger partial charge on any atom is -0.321 e. The summed E-state index contributed by atoms with van der Waals surface area (Å²) in [4.78, 5) is 20.0. The van der Waals surface area contributed by atoms with Gasteiger partial charge in [0.15, 0.2) is 11.6 Å². The first-order valence-corrected chi connectivity index (χ1v) is 11.4. The lowest BCUT2D eigenvalue weighted by Crippen LogP contribution is -3.14. The molecule has 0 bridgehead atoms. The van der Waals surface area contributed by atoms with Crippen molar-refractivity contribution in [2.45, 2.75) is 30.2 Å². The van der Waals surface area contributed by atoms with Crippen LogP contribution in [-0.4, -0.2) is 30.2 Å². The molecule has 4 nitrogen and oxygen atoms in total. The van der Waals surface area contributed by atoms with E-state index in [0.717, 1.165) is 29.1 Å². The second-order valence-electron chi connectivity index (χ2n) is 6.93. The van der Waals surface area contributed by atoms with Gasteiger partial charge in [-0.2, -0.15) is 0 Å². The average Bonchev–Trinajstić information content (AvgIpc) is 3.12. The molecule has 2 N–H and O–H groups in total. The molecule has 0 spiro atoms. The van der Waals surface area contributed by atoms with Crippen LogP contribution >= 0.6 is 23.1 Å². The first-order valence-electron chi connectivity index (χ1n) is 9.37. The van der Waals surface area contributed by atoms with Gasteiger partial charge in [-0.15, -0.1) is 23.1 Å². The van der Waals surface area contributed by atoms with Gasteiger partial charge in [-0.25, -0.2) is 4.98 Å². The molecule has 6 heteroatoms. The maximum atomic E-state index is 12.7. The first-order chi connectivity index (χ1) is 13.2. The van der Waals surface area contributed by atoms with E-state index in [0.29, 0.717) is 12.6 Å². The molecule has 0 saturated carbocycles. The number of piperidine rings is 1. The number of aromatic nitrogens is 1. The maximum absolute atomic E-state index is 12.7. The van der Waals surface area contributed by atoms with Crippen LogP contribution in [0.3, 0.4) is 0 Å². The highest BCUT2D eigenvalue weighted by molar-refractivity contribution is 7.98. The smallest absolute Gasteiger partial charge is 0.279 e. The fraction of sp³-hybridized carbons (Fsp3) is 0.333. The highest BCUT2D eigenvalue weighted by Crippen LogP contribution is 2.28. The third-order valence-electron chi connectivity index (χ3n) is 5.08. The van der Waals surface area contributed by atoms with Crippen LogP contribution < -0.4 is 10.2 Å². The van der Waals surface area contributed by atoms with Gasteiger partial charge in [-0.05, 0) is 49.4 Å². The molecule has 4 rings (SSSR count). The van der Waals surface area contributed by atoms with Crippen molar-refractivity contribution in [3.8, 4) is 0 Å². The quantitative estimate of drug-likeness (QED) is 0.643. The largest absolute Gasteiger partial charge is 0.321 e. The molecule has 0 radical (unpaired) electrons. The highest BCUT2D eigenvalue weighted by atomic mass is 32.2. The molecule has 2 aromatic carbocycles. The standard InChI is InChI=1S/C21H23N3OS2/c1-26-16-8-6-7-15(13-16)22-20(25)14-24-12-5-4-10-18(24)21-23-17-9-2-3-11-19(17)27-21/h2-3,6-9,11,13,18H,4-5,10,12,14H2,1H3,(H,22,25)/p+1/t18-/m1/s1. The molecule has 0 aliphatic carbocycles. The summed E-state index contributed by atoms with van der Waals surface area (Å²) in [5.41, 5.74) is 1.94. The van der Waals surface area contributed by atoms with Crippen LogP contribution in [0.5, 0.6) is 0 Å². The molecule has 27 heavy (non-hydrogen) atoms. The van der Waals surface area contributed by atoms with E-state index in [9.17, 15) is 4.79 Å². The van der Waals surface area contributed by atoms with Crippen LogP contribution in [0.2, 0.25) is 0 Å². The van der Waals surface area contributed by atoms with Gasteiger partial charge in [0.2, 0.25) is 0 Å². The molecule has 1 aromatic heterocycles. The number of carbonyl (C=O) groups is 1. The molecule has 1 fully saturated rings. The number of benzene rings is 2. The number of nitrogens with zero attached hydrogens (tertiary/aromatic N) is 1. The molecular weight excluding hydrogens is 374 g/mol. The number of quaternary nitrogens is 1. The fourth-order valence-corrected chi connectivity index (χ4v) is 5.36. The van der Waals surface area contributed by atoms with Crippen molar-refractivity contribution in [3.63, 3.8) is 0 Å². The van der Waals surface area contributed by atoms with E-state index < -0.39 is 0 Å². The number of nitrogens with one attached hydrogen (secondary N) is 2. The number of carbonyl (C=O) groups excluding carboxylic acids is 1. The number of anilines is 1. The summed E-state index contributed by atoms with van der Waals surface area (Å²) >= 11 is 3.46. The zero-order valence-corrected chi connectivity index (χ0v) is 17.0. The number of thiazole rings is 1. The van der Waals surface area contributed by atoms with Crippen molar-refractivity contribution in [1.82, 2.24) is 4.98 Å². The Balaban J connectivity index is 1.47. The van der Waals surface area contributed by atoms with E-state index in [1.165, 1.54) is 27.4 Å². The molecule has 1 unspecified atom stereocenters. The molecular formula is C21H24N3OS2+. The minimum absolute atomic E-state index is 0.0799. The van der Waals surface area contributed by atoms with Gasteiger partial charge in [-0.1, -0.05) is 18.2 Å². The number of rotatable bonds is 5. The third-order valence-corrected chi connectivity index (χ3v) is 6.96. The molecule has 3 aromatic rings. The molecule has 1 saturated heterocycles. The molecule has 1 aliphatic rings. The summed E-state index contributed by atoms with van der Waals surface area (Å²) in [5.74, 6) is 0.0799. The lowest BCUT2D eigenvalue weighted by atomic mass is 10.0. The molecule has 1 aliphatic heterocycles.